The Hall–Kier alpha value is -9.78. The van der Waals surface area contributed by atoms with Crippen LogP contribution in [0, 0.1) is 0 Å². The molecule has 1 N–H and O–H groups in total. The minimum Gasteiger partial charge on any atom is -0.497 e. The molecule has 0 radical (unpaired) electrons. The second kappa shape index (κ2) is 37.6. The van der Waals surface area contributed by atoms with Crippen LogP contribution < -0.4 is 10.1 Å². The largest absolute Gasteiger partial charge is 0.497 e. The van der Waals surface area contributed by atoms with Gasteiger partial charge in [-0.2, -0.15) is 0 Å². The summed E-state index contributed by atoms with van der Waals surface area (Å²) in [6, 6.07) is 78.8. The Morgan fingerprint density at radius 2 is 0.721 bits per heavy atom. The summed E-state index contributed by atoms with van der Waals surface area (Å²) < 4.78 is 103. The Morgan fingerprint density at radius 1 is 0.346 bits per heavy atom. The molecule has 0 unspecified atom stereocenters. The first-order chi connectivity index (χ1) is 51.0. The maximum Gasteiger partial charge on any atom is 0.338 e. The summed E-state index contributed by atoms with van der Waals surface area (Å²) in [5.41, 5.74) is 5.46. The predicted molar refractivity (Wildman–Crippen MR) is 381 cm³/mol. The molecule has 12 rings (SSSR count). The summed E-state index contributed by atoms with van der Waals surface area (Å²) in [5.74, 6) is -2.37. The molecule has 0 saturated carbocycles. The highest BCUT2D eigenvalue weighted by Gasteiger charge is 2.58. The number of rotatable bonds is 32. The zero-order chi connectivity index (χ0) is 71.8. The van der Waals surface area contributed by atoms with Crippen LogP contribution in [0.4, 0.5) is 0 Å². The number of carbonyl (C=O) groups is 4. The highest BCUT2D eigenvalue weighted by molar-refractivity contribution is 5.91. The number of amides is 1. The summed E-state index contributed by atoms with van der Waals surface area (Å²) >= 11 is 0. The standard InChI is InChI=1S/C84H85NO19/c1-56-71(92-49-59-30-14-5-15-31-59)76(78(95-52-62-36-20-8-21-37-62)83(98-56)97-53-63-44-46-67(90-3)47-45-63)104-84-77(94-51-61-34-18-7-19-35-61)75(93-50-60-32-16-6-17-33-60)73(68(100-84)54-91-48-58-28-12-4-13-29-58)103-82-70(85-57(2)86)74(102-81(89)66-42-26-11-27-43-66)72(101-80(88)65-40-24-10-25-41-65)69(99-82)55-96-79(87)64-38-22-9-23-39-64/h4-47,56,68-78,82-84H,48-55H2,1-3H3,(H,85,86)/t56-,68+,69+,70-,71-,72+,73+,74+,75-,76+,77+,78+,82-,83+,84+/m0/s1. The molecular weight excluding hydrogens is 1330 g/mol. The highest BCUT2D eigenvalue weighted by atomic mass is 16.8. The van der Waals surface area contributed by atoms with Crippen LogP contribution in [0.1, 0.15) is 78.3 Å². The molecule has 9 aromatic carbocycles. The third-order valence-corrected chi connectivity index (χ3v) is 17.9. The Labute approximate surface area is 605 Å². The minimum atomic E-state index is -1.70. The van der Waals surface area contributed by atoms with Crippen molar-refractivity contribution >= 4 is 23.8 Å². The molecule has 104 heavy (non-hydrogen) atoms. The van der Waals surface area contributed by atoms with Crippen LogP contribution in [0.15, 0.2) is 267 Å². The Balaban J connectivity index is 0.990. The molecule has 3 aliphatic rings. The molecule has 0 bridgehead atoms. The lowest BCUT2D eigenvalue weighted by Gasteiger charge is -2.51. The van der Waals surface area contributed by atoms with Crippen molar-refractivity contribution < 1.29 is 90.2 Å². The van der Waals surface area contributed by atoms with E-state index >= 15 is 0 Å². The molecule has 20 heteroatoms. The maximum atomic E-state index is 14.8. The highest BCUT2D eigenvalue weighted by Crippen LogP contribution is 2.39. The Bertz CT molecular complexity index is 4060. The van der Waals surface area contributed by atoms with Crippen LogP contribution in [0.3, 0.4) is 0 Å². The summed E-state index contributed by atoms with van der Waals surface area (Å²) in [6.45, 7) is 2.77. The Kier molecular flexibility index (Phi) is 26.7. The van der Waals surface area contributed by atoms with Crippen molar-refractivity contribution in [3.63, 3.8) is 0 Å². The fraction of sp³-hybridized carbons (Fsp3) is 0.310. The fourth-order valence-corrected chi connectivity index (χ4v) is 12.6. The monoisotopic (exact) mass is 1410 g/mol. The SMILES string of the molecule is COc1ccc(CO[C@@H]2O[C@@H](C)[C@H](OCc3ccccc3)[C@@H](O[C@H]3O[C@H](COCc4ccccc4)[C@@H](O[C@@H]4O[C@H](COC(=O)c5ccccc5)[C@@H](OC(=O)c5ccccc5)[C@H](OC(=O)c5ccccc5)[C@@H]4NC(C)=O)[C@H](OCc4ccccc4)[C@H]3OCc3ccccc3)[C@H]2OCc2ccccc2)cc1. The molecule has 9 aromatic rings. The summed E-state index contributed by atoms with van der Waals surface area (Å²) in [7, 11) is 1.61. The van der Waals surface area contributed by atoms with E-state index in [1.54, 1.807) is 98.1 Å². The van der Waals surface area contributed by atoms with Crippen molar-refractivity contribution in [3.05, 3.63) is 317 Å². The smallest absolute Gasteiger partial charge is 0.338 e. The van der Waals surface area contributed by atoms with Crippen LogP contribution >= 0.6 is 0 Å². The number of benzene rings is 9. The number of esters is 3. The first kappa shape index (κ1) is 74.0. The molecule has 3 heterocycles. The number of methoxy groups -OCH3 is 1. The van der Waals surface area contributed by atoms with Gasteiger partial charge in [-0.25, -0.2) is 14.4 Å². The van der Waals surface area contributed by atoms with E-state index < -0.39 is 122 Å². The third kappa shape index (κ3) is 20.3. The lowest BCUT2D eigenvalue weighted by molar-refractivity contribution is -0.387. The molecule has 0 aliphatic carbocycles. The van der Waals surface area contributed by atoms with Gasteiger partial charge in [-0.15, -0.1) is 0 Å². The molecule has 3 saturated heterocycles. The first-order valence-corrected chi connectivity index (χ1v) is 34.8. The average molecular weight is 1410 g/mol. The average Bonchev–Trinajstić information content (AvgIpc) is 0.759. The van der Waals surface area contributed by atoms with E-state index in [1.165, 1.54) is 6.92 Å². The van der Waals surface area contributed by atoms with Crippen molar-refractivity contribution in [2.45, 2.75) is 146 Å². The lowest BCUT2D eigenvalue weighted by atomic mass is 9.94. The number of ether oxygens (including phenoxy) is 15. The molecule has 3 fully saturated rings. The minimum absolute atomic E-state index is 0.0171. The zero-order valence-electron chi connectivity index (χ0n) is 58.0. The quantitative estimate of drug-likeness (QED) is 0.0306. The van der Waals surface area contributed by atoms with Crippen molar-refractivity contribution in [2.75, 3.05) is 20.3 Å². The van der Waals surface area contributed by atoms with Gasteiger partial charge in [0.25, 0.3) is 0 Å². The molecule has 0 aromatic heterocycles. The van der Waals surface area contributed by atoms with E-state index in [2.05, 4.69) is 5.32 Å². The third-order valence-electron chi connectivity index (χ3n) is 17.9. The van der Waals surface area contributed by atoms with Gasteiger partial charge in [0.2, 0.25) is 5.91 Å². The van der Waals surface area contributed by atoms with E-state index in [0.29, 0.717) is 5.75 Å². The predicted octanol–water partition coefficient (Wildman–Crippen LogP) is 12.5. The van der Waals surface area contributed by atoms with Crippen molar-refractivity contribution in [1.82, 2.24) is 5.32 Å². The molecule has 15 atom stereocenters. The Morgan fingerprint density at radius 3 is 1.19 bits per heavy atom. The zero-order valence-corrected chi connectivity index (χ0v) is 58.0. The van der Waals surface area contributed by atoms with E-state index in [4.69, 9.17) is 71.1 Å². The molecule has 1 amide bonds. The molecule has 3 aliphatic heterocycles. The lowest BCUT2D eigenvalue weighted by Crippen LogP contribution is -2.70. The fourth-order valence-electron chi connectivity index (χ4n) is 12.6. The van der Waals surface area contributed by atoms with Crippen molar-refractivity contribution in [1.29, 1.82) is 0 Å². The topological polar surface area (TPSA) is 219 Å². The van der Waals surface area contributed by atoms with E-state index in [9.17, 15) is 19.2 Å². The van der Waals surface area contributed by atoms with Crippen molar-refractivity contribution in [3.8, 4) is 5.75 Å². The number of hydrogen-bond acceptors (Lipinski definition) is 19. The van der Waals surface area contributed by atoms with Crippen LogP contribution in [0.5, 0.6) is 5.75 Å². The number of hydrogen-bond donors (Lipinski definition) is 1. The van der Waals surface area contributed by atoms with Gasteiger partial charge in [0.05, 0.1) is 76.2 Å². The molecule has 0 spiro atoms. The van der Waals surface area contributed by atoms with Crippen LogP contribution in [0.25, 0.3) is 0 Å². The van der Waals surface area contributed by atoms with Gasteiger partial charge in [0, 0.05) is 6.92 Å². The van der Waals surface area contributed by atoms with Gasteiger partial charge in [0.1, 0.15) is 67.2 Å². The molecule has 540 valence electrons. The maximum absolute atomic E-state index is 14.8. The molecule has 20 nitrogen and oxygen atoms in total. The van der Waals surface area contributed by atoms with Crippen LogP contribution in [-0.4, -0.2) is 136 Å². The van der Waals surface area contributed by atoms with Gasteiger partial charge in [-0.3, -0.25) is 4.79 Å². The van der Waals surface area contributed by atoms with Gasteiger partial charge in [-0.1, -0.05) is 218 Å². The van der Waals surface area contributed by atoms with Crippen molar-refractivity contribution in [2.24, 2.45) is 0 Å². The van der Waals surface area contributed by atoms with Gasteiger partial charge in [0.15, 0.2) is 31.1 Å². The van der Waals surface area contributed by atoms with Gasteiger partial charge >= 0.3 is 17.9 Å². The van der Waals surface area contributed by atoms with E-state index in [0.717, 1.165) is 33.4 Å². The number of carbonyl (C=O) groups excluding carboxylic acids is 4. The van der Waals surface area contributed by atoms with Crippen LogP contribution in [-0.2, 0) is 111 Å². The normalized spacial score (nSPS) is 24.5. The second-order valence-corrected chi connectivity index (χ2v) is 25.4. The summed E-state index contributed by atoms with van der Waals surface area (Å²) in [5, 5.41) is 2.96. The van der Waals surface area contributed by atoms with Gasteiger partial charge in [-0.05, 0) is 88.8 Å². The van der Waals surface area contributed by atoms with E-state index in [-0.39, 0.29) is 62.9 Å². The van der Waals surface area contributed by atoms with Gasteiger partial charge < -0.3 is 76.4 Å². The second-order valence-electron chi connectivity index (χ2n) is 25.4. The first-order valence-electron chi connectivity index (χ1n) is 34.8. The van der Waals surface area contributed by atoms with E-state index in [1.807, 2.05) is 183 Å². The summed E-state index contributed by atoms with van der Waals surface area (Å²) in [4.78, 5) is 57.4. The summed E-state index contributed by atoms with van der Waals surface area (Å²) in [6.07, 6.45) is -17.8. The number of nitrogens with one attached hydrogen (secondary N) is 1. The van der Waals surface area contributed by atoms with Crippen LogP contribution in [0.2, 0.25) is 0 Å². The molecular formula is C84H85NO19.